The second kappa shape index (κ2) is 4.29. The molecule has 1 aromatic carbocycles. The van der Waals surface area contributed by atoms with Crippen LogP contribution in [0, 0.1) is 35.0 Å². The Labute approximate surface area is 122 Å². The van der Waals surface area contributed by atoms with E-state index in [9.17, 15) is 14.9 Å². The van der Waals surface area contributed by atoms with E-state index in [1.54, 1.807) is 24.3 Å². The average Bonchev–Trinajstić information content (AvgIpc) is 2.82. The molecule has 1 saturated heterocycles. The van der Waals surface area contributed by atoms with Gasteiger partial charge in [0, 0.05) is 0 Å². The fraction of sp³-hybridized carbons (Fsp3) is 0.353. The summed E-state index contributed by atoms with van der Waals surface area (Å²) in [4.78, 5) is 26.8. The van der Waals surface area contributed by atoms with E-state index in [-0.39, 0.29) is 35.5 Å². The molecule has 4 nitrogen and oxygen atoms in total. The number of benzene rings is 1. The van der Waals surface area contributed by atoms with Crippen molar-refractivity contribution in [2.75, 3.05) is 4.90 Å². The predicted octanol–water partition coefficient (Wildman–Crippen LogP) is 2.26. The molecule has 4 aliphatic rings. The van der Waals surface area contributed by atoms with E-state index in [1.807, 2.05) is 0 Å². The fourth-order valence-electron chi connectivity index (χ4n) is 4.07. The Bertz CT molecular complexity index is 684. The van der Waals surface area contributed by atoms with Crippen molar-refractivity contribution in [3.05, 3.63) is 42.0 Å². The molecule has 3 aliphatic carbocycles. The van der Waals surface area contributed by atoms with Crippen molar-refractivity contribution in [3.63, 3.8) is 0 Å². The Hall–Kier alpha value is -2.41. The van der Waals surface area contributed by atoms with Crippen molar-refractivity contribution < 1.29 is 9.59 Å². The maximum atomic E-state index is 12.8. The minimum Gasteiger partial charge on any atom is -0.274 e. The number of hydrogen-bond acceptors (Lipinski definition) is 3. The van der Waals surface area contributed by atoms with Crippen molar-refractivity contribution in [1.29, 1.82) is 5.26 Å². The van der Waals surface area contributed by atoms with Crippen LogP contribution in [-0.2, 0) is 9.59 Å². The molecule has 2 bridgehead atoms. The molecule has 4 heteroatoms. The smallest absolute Gasteiger partial charge is 0.238 e. The summed E-state index contributed by atoms with van der Waals surface area (Å²) in [6.07, 6.45) is 6.16. The summed E-state index contributed by atoms with van der Waals surface area (Å²) in [7, 11) is 0. The molecule has 1 heterocycles. The molecule has 0 unspecified atom stereocenters. The number of amides is 2. The summed E-state index contributed by atoms with van der Waals surface area (Å²) in [6.45, 7) is 0. The number of imide groups is 1. The number of hydrogen-bond donors (Lipinski definition) is 0. The zero-order chi connectivity index (χ0) is 14.6. The lowest BCUT2D eigenvalue weighted by Crippen LogP contribution is -2.38. The lowest BCUT2D eigenvalue weighted by Gasteiger charge is -2.38. The van der Waals surface area contributed by atoms with Gasteiger partial charge in [0.05, 0.1) is 23.1 Å². The molecule has 0 radical (unpaired) electrons. The second-order valence-electron chi connectivity index (χ2n) is 5.98. The van der Waals surface area contributed by atoms with Crippen molar-refractivity contribution >= 4 is 17.5 Å². The third-order valence-electron chi connectivity index (χ3n) is 5.02. The number of anilines is 1. The topological polar surface area (TPSA) is 61.2 Å². The molecular formula is C17H14N2O2. The van der Waals surface area contributed by atoms with Crippen LogP contribution in [0.2, 0.25) is 0 Å². The van der Waals surface area contributed by atoms with Gasteiger partial charge in [-0.2, -0.15) is 5.26 Å². The van der Waals surface area contributed by atoms with E-state index in [4.69, 9.17) is 0 Å². The van der Waals surface area contributed by atoms with E-state index in [1.165, 1.54) is 4.90 Å². The SMILES string of the molecule is N#Cc1ccccc1N1C(=O)[C@@H]2[C@H](C1=O)[C@@H]1C=C[C@@H]2CC1. The Balaban J connectivity index is 1.81. The first kappa shape index (κ1) is 12.3. The van der Waals surface area contributed by atoms with Crippen LogP contribution in [0.25, 0.3) is 0 Å². The highest BCUT2D eigenvalue weighted by atomic mass is 16.2. The monoisotopic (exact) mass is 278 g/mol. The van der Waals surface area contributed by atoms with E-state index in [0.29, 0.717) is 11.3 Å². The fourth-order valence-corrected chi connectivity index (χ4v) is 4.07. The highest BCUT2D eigenvalue weighted by Crippen LogP contribution is 2.50. The van der Waals surface area contributed by atoms with E-state index in [2.05, 4.69) is 18.2 Å². The van der Waals surface area contributed by atoms with Crippen LogP contribution in [0.5, 0.6) is 0 Å². The maximum absolute atomic E-state index is 12.8. The first-order valence-electron chi connectivity index (χ1n) is 7.27. The zero-order valence-electron chi connectivity index (χ0n) is 11.4. The Kier molecular flexibility index (Phi) is 2.52. The van der Waals surface area contributed by atoms with Gasteiger partial charge in [0.25, 0.3) is 0 Å². The predicted molar refractivity (Wildman–Crippen MR) is 76.0 cm³/mol. The molecule has 104 valence electrons. The van der Waals surface area contributed by atoms with Crippen molar-refractivity contribution in [2.45, 2.75) is 12.8 Å². The van der Waals surface area contributed by atoms with Gasteiger partial charge in [-0.05, 0) is 36.8 Å². The van der Waals surface area contributed by atoms with E-state index in [0.717, 1.165) is 12.8 Å². The van der Waals surface area contributed by atoms with Gasteiger partial charge in [-0.25, -0.2) is 4.90 Å². The van der Waals surface area contributed by atoms with Crippen molar-refractivity contribution in [2.24, 2.45) is 23.7 Å². The van der Waals surface area contributed by atoms with Gasteiger partial charge < -0.3 is 0 Å². The number of carbonyl (C=O) groups excluding carboxylic acids is 2. The van der Waals surface area contributed by atoms with Crippen LogP contribution in [-0.4, -0.2) is 11.8 Å². The lowest BCUT2D eigenvalue weighted by atomic mass is 9.63. The van der Waals surface area contributed by atoms with E-state index < -0.39 is 0 Å². The van der Waals surface area contributed by atoms with Gasteiger partial charge in [-0.1, -0.05) is 24.3 Å². The molecule has 0 spiro atoms. The van der Waals surface area contributed by atoms with Gasteiger partial charge >= 0.3 is 0 Å². The normalized spacial score (nSPS) is 33.2. The number of rotatable bonds is 1. The lowest BCUT2D eigenvalue weighted by molar-refractivity contribution is -0.124. The number of carbonyl (C=O) groups is 2. The van der Waals surface area contributed by atoms with Gasteiger partial charge in [0.2, 0.25) is 11.8 Å². The minimum absolute atomic E-state index is 0.133. The van der Waals surface area contributed by atoms with Crippen LogP contribution in [0.1, 0.15) is 18.4 Å². The summed E-state index contributed by atoms with van der Waals surface area (Å²) >= 11 is 0. The molecule has 1 aromatic rings. The van der Waals surface area contributed by atoms with Crippen LogP contribution < -0.4 is 4.90 Å². The highest BCUT2D eigenvalue weighted by Gasteiger charge is 2.57. The van der Waals surface area contributed by atoms with Crippen molar-refractivity contribution in [1.82, 2.24) is 0 Å². The summed E-state index contributed by atoms with van der Waals surface area (Å²) in [5, 5.41) is 9.21. The standard InChI is InChI=1S/C17H14N2O2/c18-9-12-3-1-2-4-13(12)19-16(20)14-10-5-6-11(8-7-10)15(14)17(19)21/h1-6,10-11,14-15H,7-8H2/t10-,11-,14-,15+/m1/s1. The molecule has 4 atom stereocenters. The first-order valence-corrected chi connectivity index (χ1v) is 7.27. The van der Waals surface area contributed by atoms with Crippen LogP contribution in [0.4, 0.5) is 5.69 Å². The first-order chi connectivity index (χ1) is 10.2. The molecule has 1 saturated carbocycles. The zero-order valence-corrected chi connectivity index (χ0v) is 11.4. The molecule has 0 aromatic heterocycles. The molecule has 1 aliphatic heterocycles. The molecule has 5 rings (SSSR count). The molecule has 0 N–H and O–H groups in total. The van der Waals surface area contributed by atoms with E-state index >= 15 is 0 Å². The van der Waals surface area contributed by atoms with Crippen molar-refractivity contribution in [3.8, 4) is 6.07 Å². The maximum Gasteiger partial charge on any atom is 0.238 e. The van der Waals surface area contributed by atoms with Gasteiger partial charge in [0.15, 0.2) is 0 Å². The third-order valence-corrected chi connectivity index (χ3v) is 5.02. The average molecular weight is 278 g/mol. The summed E-state index contributed by atoms with van der Waals surface area (Å²) < 4.78 is 0. The minimum atomic E-state index is -0.229. The second-order valence-corrected chi connectivity index (χ2v) is 5.98. The molecular weight excluding hydrogens is 264 g/mol. The molecule has 2 fully saturated rings. The summed E-state index contributed by atoms with van der Waals surface area (Å²) in [5.74, 6) is -0.370. The Morgan fingerprint density at radius 2 is 1.57 bits per heavy atom. The summed E-state index contributed by atoms with van der Waals surface area (Å²) in [6, 6.07) is 8.89. The van der Waals surface area contributed by atoms with Crippen LogP contribution >= 0.6 is 0 Å². The van der Waals surface area contributed by atoms with Gasteiger partial charge in [-0.3, -0.25) is 9.59 Å². The number of para-hydroxylation sites is 1. The number of allylic oxidation sites excluding steroid dienone is 2. The number of nitrogens with zero attached hydrogens (tertiary/aromatic N) is 2. The largest absolute Gasteiger partial charge is 0.274 e. The molecule has 2 amide bonds. The van der Waals surface area contributed by atoms with Gasteiger partial charge in [0.1, 0.15) is 6.07 Å². The van der Waals surface area contributed by atoms with Gasteiger partial charge in [-0.15, -0.1) is 0 Å². The Morgan fingerprint density at radius 3 is 2.10 bits per heavy atom. The number of fused-ring (bicyclic) bond motifs is 1. The van der Waals surface area contributed by atoms with Crippen LogP contribution in [0.15, 0.2) is 36.4 Å². The number of nitriles is 1. The summed E-state index contributed by atoms with van der Waals surface area (Å²) in [5.41, 5.74) is 0.807. The highest BCUT2D eigenvalue weighted by molar-refractivity contribution is 6.23. The van der Waals surface area contributed by atoms with Crippen LogP contribution in [0.3, 0.4) is 0 Å². The third kappa shape index (κ3) is 1.55. The Morgan fingerprint density at radius 1 is 1.00 bits per heavy atom. The quantitative estimate of drug-likeness (QED) is 0.584. The molecule has 21 heavy (non-hydrogen) atoms.